The summed E-state index contributed by atoms with van der Waals surface area (Å²) >= 11 is 0. The molecule has 0 aromatic heterocycles. The molecule has 1 aromatic rings. The van der Waals surface area contributed by atoms with Gasteiger partial charge in [0, 0.05) is 103 Å². The van der Waals surface area contributed by atoms with Crippen LogP contribution in [0.15, 0.2) is 30.3 Å². The highest BCUT2D eigenvalue weighted by atomic mass is 16.7. The van der Waals surface area contributed by atoms with Crippen molar-refractivity contribution < 1.29 is 99.9 Å². The van der Waals surface area contributed by atoms with Crippen molar-refractivity contribution in [3.05, 3.63) is 35.9 Å². The van der Waals surface area contributed by atoms with Crippen molar-refractivity contribution in [1.82, 2.24) is 10.6 Å². The minimum atomic E-state index is -1.36. The molecule has 3 fully saturated rings. The second-order valence-electron chi connectivity index (χ2n) is 25.8. The summed E-state index contributed by atoms with van der Waals surface area (Å²) in [6, 6.07) is 9.27. The minimum absolute atomic E-state index is 0.0132. The van der Waals surface area contributed by atoms with Gasteiger partial charge >= 0.3 is 23.9 Å². The van der Waals surface area contributed by atoms with Crippen LogP contribution in [0, 0.1) is 53.3 Å². The molecule has 2 N–H and O–H groups in total. The smallest absolute Gasteiger partial charge is 0.306 e. The summed E-state index contributed by atoms with van der Waals surface area (Å²) in [5.41, 5.74) is -0.529. The van der Waals surface area contributed by atoms with E-state index in [-0.39, 0.29) is 224 Å². The van der Waals surface area contributed by atoms with Crippen LogP contribution >= 0.6 is 0 Å². The van der Waals surface area contributed by atoms with Crippen LogP contribution < -0.4 is 10.6 Å². The van der Waals surface area contributed by atoms with Gasteiger partial charge in [-0.15, -0.1) is 0 Å². The van der Waals surface area contributed by atoms with Crippen molar-refractivity contribution in [2.75, 3.05) is 85.8 Å². The van der Waals surface area contributed by atoms with Crippen molar-refractivity contribution in [3.63, 3.8) is 0 Å². The van der Waals surface area contributed by atoms with Crippen LogP contribution in [0.3, 0.4) is 0 Å². The van der Waals surface area contributed by atoms with Crippen LogP contribution in [0.4, 0.5) is 0 Å². The van der Waals surface area contributed by atoms with E-state index < -0.39 is 36.3 Å². The number of unbranched alkanes of at least 4 members (excludes halogenated alkanes) is 2. The van der Waals surface area contributed by atoms with Crippen molar-refractivity contribution in [2.24, 2.45) is 53.3 Å². The molecule has 0 spiro atoms. The first-order valence-corrected chi connectivity index (χ1v) is 33.6. The molecular formula is C69H112N2O21. The van der Waals surface area contributed by atoms with Crippen molar-refractivity contribution in [2.45, 2.75) is 216 Å². The molecule has 3 heterocycles. The number of hydrogen-bond donors (Lipinski definition) is 2. The molecule has 524 valence electrons. The third-order valence-corrected chi connectivity index (χ3v) is 18.6. The largest absolute Gasteiger partial charge is 0.463 e. The zero-order chi connectivity index (χ0) is 67.6. The zero-order valence-corrected chi connectivity index (χ0v) is 57.2. The van der Waals surface area contributed by atoms with Gasteiger partial charge in [-0.2, -0.15) is 0 Å². The third-order valence-electron chi connectivity index (χ3n) is 18.6. The molecule has 23 heteroatoms. The number of benzene rings is 1. The molecule has 0 radical (unpaired) electrons. The molecule has 3 aliphatic heterocycles. The van der Waals surface area contributed by atoms with E-state index in [2.05, 4.69) is 72.9 Å². The monoisotopic (exact) mass is 1300 g/mol. The molecule has 0 saturated carbocycles. The van der Waals surface area contributed by atoms with Crippen LogP contribution in [0.2, 0.25) is 0 Å². The first-order chi connectivity index (χ1) is 43.9. The molecule has 3 saturated heterocycles. The van der Waals surface area contributed by atoms with E-state index in [4.69, 9.17) is 61.6 Å². The van der Waals surface area contributed by atoms with Gasteiger partial charge in [-0.05, 0) is 79.6 Å². The van der Waals surface area contributed by atoms with Gasteiger partial charge in [0.05, 0.1) is 64.6 Å². The highest BCUT2D eigenvalue weighted by molar-refractivity contribution is 5.79. The number of Topliss-reactive ketones (excluding diaryl/α,β-unsaturated/α-hetero) is 2. The van der Waals surface area contributed by atoms with Crippen molar-refractivity contribution in [3.8, 4) is 0 Å². The number of carbonyl (C=O) groups is 8. The average Bonchev–Trinajstić information content (AvgIpc) is 3.14. The van der Waals surface area contributed by atoms with E-state index in [1.165, 1.54) is 20.8 Å². The van der Waals surface area contributed by atoms with Gasteiger partial charge in [0.1, 0.15) is 43.5 Å². The maximum absolute atomic E-state index is 13.9. The van der Waals surface area contributed by atoms with E-state index in [0.29, 0.717) is 58.5 Å². The number of ether oxygens (including phenoxy) is 13. The Labute approximate surface area is 546 Å². The Hall–Kier alpha value is -4.98. The molecule has 92 heavy (non-hydrogen) atoms. The van der Waals surface area contributed by atoms with Gasteiger partial charge in [0.2, 0.25) is 11.8 Å². The molecule has 0 bridgehead atoms. The molecule has 0 aliphatic carbocycles. The van der Waals surface area contributed by atoms with E-state index in [1.807, 2.05) is 30.3 Å². The first kappa shape index (κ1) is 79.5. The standard InChI is InChI=1S/C69H112N2O21/c1-45-48(4)60(39-86-54(10)72)90-66(51(45)7)83-32-18-16-24-58(75)28-35-80-42-69(71-64(78)26-20-27-65(79)89-38-57-22-14-13-15-23-57,43-81-36-29-59(76)25-17-19-33-84-67-52(8)46(2)49(5)61(91-67)40-87-55(11)73)44-82-37-30-63(77)70-31-21-34-85-68-53(9)47(3)50(6)62(92-68)41-88-56(12)74/h13-15,22-23,45-53,60-62,66-68H,16-21,24-44H2,1-12H3,(H,70,77)(H,71,78)/t45-,46-,47-,48+,49+,50+,51?,52?,53?,60?,61?,62?,66+,67+,68+,69?/m0/s1. The van der Waals surface area contributed by atoms with Gasteiger partial charge in [0.15, 0.2) is 18.9 Å². The molecule has 4 rings (SSSR count). The fourth-order valence-corrected chi connectivity index (χ4v) is 11.4. The Balaban J connectivity index is 1.35. The summed E-state index contributed by atoms with van der Waals surface area (Å²) in [4.78, 5) is 101. The summed E-state index contributed by atoms with van der Waals surface area (Å²) in [5.74, 6) is -0.736. The minimum Gasteiger partial charge on any atom is -0.463 e. The summed E-state index contributed by atoms with van der Waals surface area (Å²) in [5, 5.41) is 5.95. The fraction of sp³-hybridized carbons (Fsp3) is 0.797. The maximum atomic E-state index is 13.9. The maximum Gasteiger partial charge on any atom is 0.306 e. The average molecular weight is 1310 g/mol. The van der Waals surface area contributed by atoms with Crippen molar-refractivity contribution in [1.29, 1.82) is 0 Å². The van der Waals surface area contributed by atoms with Gasteiger partial charge < -0.3 is 72.2 Å². The number of hydrogen-bond acceptors (Lipinski definition) is 21. The van der Waals surface area contributed by atoms with E-state index in [9.17, 15) is 38.4 Å². The highest BCUT2D eigenvalue weighted by Crippen LogP contribution is 2.38. The first-order valence-electron chi connectivity index (χ1n) is 33.6. The number of carbonyl (C=O) groups excluding carboxylic acids is 8. The molecule has 23 nitrogen and oxygen atoms in total. The Morgan fingerprint density at radius 1 is 0.413 bits per heavy atom. The molecule has 2 amide bonds. The highest BCUT2D eigenvalue weighted by Gasteiger charge is 2.43. The number of esters is 4. The lowest BCUT2D eigenvalue weighted by Gasteiger charge is -2.43. The topological polar surface area (TPSA) is 281 Å². The van der Waals surface area contributed by atoms with Gasteiger partial charge in [0.25, 0.3) is 0 Å². The lowest BCUT2D eigenvalue weighted by molar-refractivity contribution is -0.255. The fourth-order valence-electron chi connectivity index (χ4n) is 11.4. The zero-order valence-electron chi connectivity index (χ0n) is 57.2. The lowest BCUT2D eigenvalue weighted by atomic mass is 9.79. The second kappa shape index (κ2) is 43.2. The SMILES string of the molecule is CC(=O)OCC1O[C@@H](OCCCCC(=O)CCOCC(COCCC(=O)CCCCO[C@@H]2OC(COC(C)=O)[C@H](C)[C@H](C)C2C)(COCCC(=O)NCCCO[C@@H]2OC(COC(C)=O)[C@H](C)[C@H](C)C2C)NC(=O)CCCC(=O)OCc2ccccc2)C(C)[C@@H](C)[C@H]1C. The molecule has 6 unspecified atom stereocenters. The van der Waals surface area contributed by atoms with Gasteiger partial charge in [-0.1, -0.05) is 92.6 Å². The van der Waals surface area contributed by atoms with Crippen LogP contribution in [0.1, 0.15) is 172 Å². The van der Waals surface area contributed by atoms with E-state index in [1.54, 1.807) is 0 Å². The summed E-state index contributed by atoms with van der Waals surface area (Å²) < 4.78 is 76.8. The summed E-state index contributed by atoms with van der Waals surface area (Å²) in [6.07, 6.45) is 1.37. The number of ketones is 2. The van der Waals surface area contributed by atoms with Gasteiger partial charge in [-0.3, -0.25) is 38.4 Å². The summed E-state index contributed by atoms with van der Waals surface area (Å²) in [6.45, 7) is 24.4. The Morgan fingerprint density at radius 2 is 0.815 bits per heavy atom. The Bertz CT molecular complexity index is 2170. The van der Waals surface area contributed by atoms with E-state index in [0.717, 1.165) is 5.56 Å². The number of nitrogens with one attached hydrogen (secondary N) is 2. The molecule has 3 aliphatic rings. The quantitative estimate of drug-likeness (QED) is 0.0351. The summed E-state index contributed by atoms with van der Waals surface area (Å²) in [7, 11) is 0. The Kier molecular flexibility index (Phi) is 37.3. The van der Waals surface area contributed by atoms with Crippen molar-refractivity contribution >= 4 is 47.3 Å². The predicted octanol–water partition coefficient (Wildman–Crippen LogP) is 8.60. The number of amides is 2. The van der Waals surface area contributed by atoms with Gasteiger partial charge in [-0.25, -0.2) is 0 Å². The Morgan fingerprint density at radius 3 is 1.23 bits per heavy atom. The van der Waals surface area contributed by atoms with Crippen LogP contribution in [-0.4, -0.2) is 176 Å². The van der Waals surface area contributed by atoms with Crippen LogP contribution in [0.25, 0.3) is 0 Å². The molecule has 1 aromatic carbocycles. The van der Waals surface area contributed by atoms with Crippen LogP contribution in [-0.2, 0) is 107 Å². The van der Waals surface area contributed by atoms with Crippen LogP contribution in [0.5, 0.6) is 0 Å². The molecule has 15 atom stereocenters. The lowest BCUT2D eigenvalue weighted by Crippen LogP contribution is -2.58. The number of rotatable bonds is 45. The van der Waals surface area contributed by atoms with E-state index >= 15 is 0 Å². The normalized spacial score (nSPS) is 27.0. The third kappa shape index (κ3) is 29.8. The second-order valence-corrected chi connectivity index (χ2v) is 25.8. The molecular weight excluding hydrogens is 1190 g/mol. The predicted molar refractivity (Wildman–Crippen MR) is 339 cm³/mol.